The van der Waals surface area contributed by atoms with Crippen molar-refractivity contribution < 1.29 is 17.6 Å². The van der Waals surface area contributed by atoms with E-state index < -0.39 is 17.6 Å². The number of benzene rings is 1. The normalized spacial score (nSPS) is 11.8. The van der Waals surface area contributed by atoms with Gasteiger partial charge in [0.05, 0.1) is 5.56 Å². The van der Waals surface area contributed by atoms with Gasteiger partial charge in [-0.25, -0.2) is 4.39 Å². The molecule has 0 N–H and O–H groups in total. The molecule has 0 heterocycles. The van der Waals surface area contributed by atoms with Crippen LogP contribution in [-0.4, -0.2) is 5.75 Å². The van der Waals surface area contributed by atoms with E-state index in [1.165, 1.54) is 0 Å². The molecule has 0 aliphatic carbocycles. The predicted molar refractivity (Wildman–Crippen MR) is 53.6 cm³/mol. The topological polar surface area (TPSA) is 0 Å². The fourth-order valence-corrected chi connectivity index (χ4v) is 1.47. The van der Waals surface area contributed by atoms with E-state index in [4.69, 9.17) is 0 Å². The van der Waals surface area contributed by atoms with E-state index in [9.17, 15) is 17.6 Å². The van der Waals surface area contributed by atoms with Gasteiger partial charge in [0, 0.05) is 0 Å². The van der Waals surface area contributed by atoms with Crippen LogP contribution in [0, 0.1) is 5.82 Å². The van der Waals surface area contributed by atoms with Gasteiger partial charge in [-0.05, 0) is 42.4 Å². The number of rotatable bonds is 3. The molecular weight excluding hydrogens is 228 g/mol. The van der Waals surface area contributed by atoms with Gasteiger partial charge in [-0.15, -0.1) is 0 Å². The molecular formula is C10H10F4S. The molecule has 5 heteroatoms. The minimum Gasteiger partial charge on any atom is -0.207 e. The van der Waals surface area contributed by atoms with E-state index in [0.717, 1.165) is 18.2 Å². The van der Waals surface area contributed by atoms with Gasteiger partial charge in [0.2, 0.25) is 0 Å². The van der Waals surface area contributed by atoms with E-state index in [1.54, 1.807) is 0 Å². The number of alkyl halides is 3. The third kappa shape index (κ3) is 3.41. The Bertz CT molecular complexity index is 333. The molecule has 0 bridgehead atoms. The maximum absolute atomic E-state index is 12.8. The van der Waals surface area contributed by atoms with E-state index in [-0.39, 0.29) is 12.0 Å². The fourth-order valence-electron chi connectivity index (χ4n) is 1.32. The molecule has 0 unspecified atom stereocenters. The lowest BCUT2D eigenvalue weighted by molar-refractivity contribution is -0.138. The van der Waals surface area contributed by atoms with E-state index >= 15 is 0 Å². The molecule has 0 nitrogen and oxygen atoms in total. The summed E-state index contributed by atoms with van der Waals surface area (Å²) in [4.78, 5) is 0. The van der Waals surface area contributed by atoms with Gasteiger partial charge >= 0.3 is 6.18 Å². The summed E-state index contributed by atoms with van der Waals surface area (Å²) in [6.07, 6.45) is -3.73. The van der Waals surface area contributed by atoms with Crippen LogP contribution < -0.4 is 0 Å². The number of halogens is 4. The highest BCUT2D eigenvalue weighted by molar-refractivity contribution is 7.80. The number of thiol groups is 1. The summed E-state index contributed by atoms with van der Waals surface area (Å²) in [6, 6.07) is 2.54. The second kappa shape index (κ2) is 4.88. The monoisotopic (exact) mass is 238 g/mol. The van der Waals surface area contributed by atoms with Gasteiger partial charge in [-0.2, -0.15) is 25.8 Å². The third-order valence-corrected chi connectivity index (χ3v) is 2.29. The summed E-state index contributed by atoms with van der Waals surface area (Å²) in [6.45, 7) is 0. The first-order valence-corrected chi connectivity index (χ1v) is 5.05. The lowest BCUT2D eigenvalue weighted by atomic mass is 10.0. The highest BCUT2D eigenvalue weighted by Gasteiger charge is 2.32. The smallest absolute Gasteiger partial charge is 0.207 e. The van der Waals surface area contributed by atoms with Gasteiger partial charge < -0.3 is 0 Å². The Morgan fingerprint density at radius 1 is 1.20 bits per heavy atom. The molecule has 84 valence electrons. The van der Waals surface area contributed by atoms with Crippen molar-refractivity contribution in [2.75, 3.05) is 5.75 Å². The van der Waals surface area contributed by atoms with Crippen LogP contribution in [0.15, 0.2) is 18.2 Å². The van der Waals surface area contributed by atoms with Crippen LogP contribution in [0.5, 0.6) is 0 Å². The molecule has 0 aliphatic heterocycles. The van der Waals surface area contributed by atoms with Crippen molar-refractivity contribution in [2.45, 2.75) is 19.0 Å². The molecule has 0 aliphatic rings. The highest BCUT2D eigenvalue weighted by Crippen LogP contribution is 2.32. The van der Waals surface area contributed by atoms with Gasteiger partial charge in [0.1, 0.15) is 5.82 Å². The Hall–Kier alpha value is -0.710. The quantitative estimate of drug-likeness (QED) is 0.602. The van der Waals surface area contributed by atoms with Crippen molar-refractivity contribution in [1.82, 2.24) is 0 Å². The zero-order chi connectivity index (χ0) is 11.5. The molecule has 0 spiro atoms. The number of hydrogen-bond acceptors (Lipinski definition) is 1. The van der Waals surface area contributed by atoms with Crippen molar-refractivity contribution in [3.05, 3.63) is 35.1 Å². The largest absolute Gasteiger partial charge is 0.416 e. The van der Waals surface area contributed by atoms with E-state index in [0.29, 0.717) is 12.2 Å². The molecule has 15 heavy (non-hydrogen) atoms. The van der Waals surface area contributed by atoms with Gasteiger partial charge in [-0.3, -0.25) is 0 Å². The SMILES string of the molecule is Fc1ccc(C(F)(F)F)c(CCCS)c1. The first-order chi connectivity index (χ1) is 6.95. The van der Waals surface area contributed by atoms with Gasteiger partial charge in [0.15, 0.2) is 0 Å². The Labute approximate surface area is 90.7 Å². The molecule has 1 rings (SSSR count). The molecule has 1 aromatic carbocycles. The second-order valence-corrected chi connectivity index (χ2v) is 3.57. The Kier molecular flexibility index (Phi) is 4.02. The lowest BCUT2D eigenvalue weighted by Crippen LogP contribution is -2.09. The summed E-state index contributed by atoms with van der Waals surface area (Å²) in [5.41, 5.74) is -0.762. The van der Waals surface area contributed by atoms with Crippen molar-refractivity contribution in [1.29, 1.82) is 0 Å². The molecule has 0 aromatic heterocycles. The summed E-state index contributed by atoms with van der Waals surface area (Å²) in [7, 11) is 0. The fraction of sp³-hybridized carbons (Fsp3) is 0.400. The van der Waals surface area contributed by atoms with E-state index in [2.05, 4.69) is 12.6 Å². The van der Waals surface area contributed by atoms with Crippen molar-refractivity contribution in [3.63, 3.8) is 0 Å². The molecule has 0 radical (unpaired) electrons. The van der Waals surface area contributed by atoms with Crippen LogP contribution in [0.4, 0.5) is 17.6 Å². The maximum Gasteiger partial charge on any atom is 0.416 e. The van der Waals surface area contributed by atoms with E-state index in [1.807, 2.05) is 0 Å². The van der Waals surface area contributed by atoms with Crippen molar-refractivity contribution in [3.8, 4) is 0 Å². The molecule has 0 saturated heterocycles. The Morgan fingerprint density at radius 3 is 2.40 bits per heavy atom. The first-order valence-electron chi connectivity index (χ1n) is 4.41. The van der Waals surface area contributed by atoms with Crippen LogP contribution in [-0.2, 0) is 12.6 Å². The summed E-state index contributed by atoms with van der Waals surface area (Å²) >= 11 is 3.91. The second-order valence-electron chi connectivity index (χ2n) is 3.13. The first kappa shape index (κ1) is 12.4. The van der Waals surface area contributed by atoms with Crippen LogP contribution in [0.1, 0.15) is 17.5 Å². The van der Waals surface area contributed by atoms with Crippen LogP contribution >= 0.6 is 12.6 Å². The average molecular weight is 238 g/mol. The lowest BCUT2D eigenvalue weighted by Gasteiger charge is -2.12. The van der Waals surface area contributed by atoms with Crippen LogP contribution in [0.2, 0.25) is 0 Å². The third-order valence-electron chi connectivity index (χ3n) is 1.98. The average Bonchev–Trinajstić information content (AvgIpc) is 2.12. The summed E-state index contributed by atoms with van der Waals surface area (Å²) < 4.78 is 50.2. The predicted octanol–water partition coefficient (Wildman–Crippen LogP) is 3.71. The summed E-state index contributed by atoms with van der Waals surface area (Å²) in [5.74, 6) is -0.162. The van der Waals surface area contributed by atoms with Gasteiger partial charge in [-0.1, -0.05) is 0 Å². The minimum absolute atomic E-state index is 0.00319. The standard InChI is InChI=1S/C10H10F4S/c11-8-3-4-9(10(12,13)14)7(6-8)2-1-5-15/h3-4,6,15H,1-2,5H2. The van der Waals surface area contributed by atoms with Crippen molar-refractivity contribution >= 4 is 12.6 Å². The number of hydrogen-bond donors (Lipinski definition) is 1. The zero-order valence-electron chi connectivity index (χ0n) is 7.81. The van der Waals surface area contributed by atoms with Crippen LogP contribution in [0.3, 0.4) is 0 Å². The number of aryl methyl sites for hydroxylation is 1. The highest BCUT2D eigenvalue weighted by atomic mass is 32.1. The zero-order valence-corrected chi connectivity index (χ0v) is 8.71. The molecule has 0 atom stereocenters. The Balaban J connectivity index is 3.03. The molecule has 1 aromatic rings. The maximum atomic E-state index is 12.8. The molecule has 0 amide bonds. The molecule has 0 saturated carbocycles. The summed E-state index contributed by atoms with van der Waals surface area (Å²) in [5, 5.41) is 0. The molecule has 0 fully saturated rings. The Morgan fingerprint density at radius 2 is 1.87 bits per heavy atom. The minimum atomic E-state index is -4.42. The van der Waals surface area contributed by atoms with Crippen LogP contribution in [0.25, 0.3) is 0 Å². The van der Waals surface area contributed by atoms with Crippen molar-refractivity contribution in [2.24, 2.45) is 0 Å². The van der Waals surface area contributed by atoms with Gasteiger partial charge in [0.25, 0.3) is 0 Å².